The molecule has 3 rings (SSSR count). The second-order valence-corrected chi connectivity index (χ2v) is 9.19. The zero-order chi connectivity index (χ0) is 20.3. The molecule has 1 aliphatic heterocycles. The number of amides is 2. The predicted octanol–water partition coefficient (Wildman–Crippen LogP) is 2.86. The van der Waals surface area contributed by atoms with Crippen LogP contribution < -0.4 is 0 Å². The summed E-state index contributed by atoms with van der Waals surface area (Å²) >= 11 is 0. The van der Waals surface area contributed by atoms with E-state index in [0.717, 1.165) is 16.7 Å². The smallest absolute Gasteiger partial charge is 0.320 e. The van der Waals surface area contributed by atoms with Gasteiger partial charge in [-0.05, 0) is 36.6 Å². The fraction of sp³-hybridized carbons (Fsp3) is 0.381. The fourth-order valence-corrected chi connectivity index (χ4v) is 5.14. The number of hydrogen-bond donors (Lipinski definition) is 0. The Labute approximate surface area is 167 Å². The van der Waals surface area contributed by atoms with Gasteiger partial charge in [-0.2, -0.15) is 4.31 Å². The molecule has 1 saturated heterocycles. The van der Waals surface area contributed by atoms with Crippen LogP contribution in [0.2, 0.25) is 0 Å². The van der Waals surface area contributed by atoms with Crippen LogP contribution in [-0.4, -0.2) is 61.8 Å². The van der Waals surface area contributed by atoms with Gasteiger partial charge in [-0.1, -0.05) is 42.5 Å². The first kappa shape index (κ1) is 20.4. The summed E-state index contributed by atoms with van der Waals surface area (Å²) in [5.74, 6) is 0. The van der Waals surface area contributed by atoms with E-state index in [2.05, 4.69) is 0 Å². The number of hydrogen-bond acceptors (Lipinski definition) is 3. The molecule has 0 aromatic heterocycles. The molecule has 6 nitrogen and oxygen atoms in total. The molecule has 0 bridgehead atoms. The van der Waals surface area contributed by atoms with Crippen molar-refractivity contribution in [2.24, 2.45) is 0 Å². The molecule has 0 radical (unpaired) electrons. The molecule has 1 fully saturated rings. The van der Waals surface area contributed by atoms with Crippen LogP contribution in [0.15, 0.2) is 53.4 Å². The van der Waals surface area contributed by atoms with Gasteiger partial charge in [0.05, 0.1) is 4.90 Å². The first-order chi connectivity index (χ1) is 13.3. The Morgan fingerprint density at radius 3 is 2.29 bits per heavy atom. The predicted molar refractivity (Wildman–Crippen MR) is 110 cm³/mol. The number of aryl methyl sites for hydroxylation is 2. The quantitative estimate of drug-likeness (QED) is 0.792. The molecule has 2 amide bonds. The first-order valence-electron chi connectivity index (χ1n) is 9.40. The number of sulfonamides is 1. The van der Waals surface area contributed by atoms with E-state index in [9.17, 15) is 13.2 Å². The lowest BCUT2D eigenvalue weighted by Gasteiger charge is -2.36. The standard InChI is InChI=1S/C21H27N3O3S/c1-17-9-10-18(2)20(15-17)28(26,27)24-13-11-23(12-14-24)21(25)22(3)16-19-7-5-4-6-8-19/h4-10,15H,11-14,16H2,1-3H3. The SMILES string of the molecule is Cc1ccc(C)c(S(=O)(=O)N2CCN(C(=O)N(C)Cc3ccccc3)CC2)c1. The van der Waals surface area contributed by atoms with Gasteiger partial charge in [-0.3, -0.25) is 0 Å². The number of rotatable bonds is 4. The maximum absolute atomic E-state index is 13.0. The van der Waals surface area contributed by atoms with Crippen LogP contribution in [0.1, 0.15) is 16.7 Å². The number of piperazine rings is 1. The van der Waals surface area contributed by atoms with Crippen molar-refractivity contribution in [1.29, 1.82) is 0 Å². The molecule has 0 unspecified atom stereocenters. The van der Waals surface area contributed by atoms with Crippen molar-refractivity contribution < 1.29 is 13.2 Å². The molecule has 1 heterocycles. The zero-order valence-corrected chi connectivity index (χ0v) is 17.4. The molecule has 1 aliphatic rings. The van der Waals surface area contributed by atoms with Crippen LogP contribution in [0, 0.1) is 13.8 Å². The van der Waals surface area contributed by atoms with Crippen LogP contribution in [0.3, 0.4) is 0 Å². The monoisotopic (exact) mass is 401 g/mol. The average Bonchev–Trinajstić information content (AvgIpc) is 2.70. The van der Waals surface area contributed by atoms with Crippen LogP contribution in [0.5, 0.6) is 0 Å². The van der Waals surface area contributed by atoms with Gasteiger partial charge in [0.25, 0.3) is 0 Å². The molecule has 0 aliphatic carbocycles. The van der Waals surface area contributed by atoms with E-state index in [1.807, 2.05) is 56.3 Å². The molecule has 0 atom stereocenters. The largest absolute Gasteiger partial charge is 0.323 e. The van der Waals surface area contributed by atoms with Crippen LogP contribution in [0.4, 0.5) is 4.79 Å². The highest BCUT2D eigenvalue weighted by molar-refractivity contribution is 7.89. The lowest BCUT2D eigenvalue weighted by Crippen LogP contribution is -2.53. The minimum atomic E-state index is -3.55. The number of carbonyl (C=O) groups excluding carboxylic acids is 1. The second-order valence-electron chi connectivity index (χ2n) is 7.28. The lowest BCUT2D eigenvalue weighted by atomic mass is 10.2. The van der Waals surface area contributed by atoms with E-state index in [0.29, 0.717) is 37.6 Å². The first-order valence-corrected chi connectivity index (χ1v) is 10.8. The number of urea groups is 1. The molecule has 0 saturated carbocycles. The minimum Gasteiger partial charge on any atom is -0.323 e. The fourth-order valence-electron chi connectivity index (χ4n) is 3.41. The van der Waals surface area contributed by atoms with Gasteiger partial charge in [0.2, 0.25) is 10.0 Å². The molecule has 0 spiro atoms. The summed E-state index contributed by atoms with van der Waals surface area (Å²) in [6, 6.07) is 15.2. The van der Waals surface area contributed by atoms with E-state index >= 15 is 0 Å². The van der Waals surface area contributed by atoms with Crippen LogP contribution in [-0.2, 0) is 16.6 Å². The summed E-state index contributed by atoms with van der Waals surface area (Å²) in [7, 11) is -1.78. The Morgan fingerprint density at radius 1 is 1.00 bits per heavy atom. The minimum absolute atomic E-state index is 0.0763. The maximum Gasteiger partial charge on any atom is 0.320 e. The third-order valence-corrected chi connectivity index (χ3v) is 7.10. The Hall–Kier alpha value is -2.38. The van der Waals surface area contributed by atoms with Crippen molar-refractivity contribution in [1.82, 2.24) is 14.1 Å². The van der Waals surface area contributed by atoms with Gasteiger partial charge >= 0.3 is 6.03 Å². The maximum atomic E-state index is 13.0. The van der Waals surface area contributed by atoms with Crippen LogP contribution >= 0.6 is 0 Å². The zero-order valence-electron chi connectivity index (χ0n) is 16.6. The average molecular weight is 402 g/mol. The Balaban J connectivity index is 1.63. The summed E-state index contributed by atoms with van der Waals surface area (Å²) in [6.07, 6.45) is 0. The highest BCUT2D eigenvalue weighted by atomic mass is 32.2. The van der Waals surface area contributed by atoms with Crippen molar-refractivity contribution in [3.63, 3.8) is 0 Å². The molecule has 0 N–H and O–H groups in total. The third-order valence-electron chi connectivity index (χ3n) is 5.06. The Kier molecular flexibility index (Phi) is 6.05. The van der Waals surface area contributed by atoms with Gasteiger partial charge in [0, 0.05) is 39.8 Å². The lowest BCUT2D eigenvalue weighted by molar-refractivity contribution is 0.140. The number of nitrogens with zero attached hydrogens (tertiary/aromatic N) is 3. The third kappa shape index (κ3) is 4.36. The highest BCUT2D eigenvalue weighted by Gasteiger charge is 2.31. The Morgan fingerprint density at radius 2 is 1.64 bits per heavy atom. The van der Waals surface area contributed by atoms with Crippen LogP contribution in [0.25, 0.3) is 0 Å². The molecular formula is C21H27N3O3S. The van der Waals surface area contributed by atoms with E-state index in [1.54, 1.807) is 22.9 Å². The normalized spacial score (nSPS) is 15.5. The van der Waals surface area contributed by atoms with Gasteiger partial charge < -0.3 is 9.80 Å². The topological polar surface area (TPSA) is 60.9 Å². The summed E-state index contributed by atoms with van der Waals surface area (Å²) in [4.78, 5) is 16.5. The van der Waals surface area contributed by atoms with E-state index < -0.39 is 10.0 Å². The highest BCUT2D eigenvalue weighted by Crippen LogP contribution is 2.22. The number of benzene rings is 2. The number of carbonyl (C=O) groups is 1. The van der Waals surface area contributed by atoms with Crippen molar-refractivity contribution in [2.75, 3.05) is 33.2 Å². The van der Waals surface area contributed by atoms with E-state index in [-0.39, 0.29) is 6.03 Å². The molecule has 28 heavy (non-hydrogen) atoms. The van der Waals surface area contributed by atoms with Crippen molar-refractivity contribution in [2.45, 2.75) is 25.3 Å². The summed E-state index contributed by atoms with van der Waals surface area (Å²) in [5.41, 5.74) is 2.72. The summed E-state index contributed by atoms with van der Waals surface area (Å²) < 4.78 is 27.5. The van der Waals surface area contributed by atoms with E-state index in [4.69, 9.17) is 0 Å². The van der Waals surface area contributed by atoms with Gasteiger partial charge in [0.1, 0.15) is 0 Å². The second kappa shape index (κ2) is 8.32. The van der Waals surface area contributed by atoms with Crippen molar-refractivity contribution in [3.8, 4) is 0 Å². The van der Waals surface area contributed by atoms with E-state index in [1.165, 1.54) is 4.31 Å². The molecule has 2 aromatic carbocycles. The molecule has 2 aromatic rings. The molecule has 7 heteroatoms. The summed E-state index contributed by atoms with van der Waals surface area (Å²) in [6.45, 7) is 5.62. The molecule has 150 valence electrons. The summed E-state index contributed by atoms with van der Waals surface area (Å²) in [5, 5.41) is 0. The van der Waals surface area contributed by atoms with Gasteiger partial charge in [0.15, 0.2) is 0 Å². The van der Waals surface area contributed by atoms with Gasteiger partial charge in [-0.15, -0.1) is 0 Å². The Bertz CT molecular complexity index is 937. The molecular weight excluding hydrogens is 374 g/mol. The van der Waals surface area contributed by atoms with Crippen molar-refractivity contribution >= 4 is 16.1 Å². The van der Waals surface area contributed by atoms with Gasteiger partial charge in [-0.25, -0.2) is 13.2 Å². The van der Waals surface area contributed by atoms with Crippen molar-refractivity contribution in [3.05, 3.63) is 65.2 Å².